The molecule has 0 saturated carbocycles. The summed E-state index contributed by atoms with van der Waals surface area (Å²) in [5.41, 5.74) is 1.04. The van der Waals surface area contributed by atoms with Crippen molar-refractivity contribution in [2.45, 2.75) is 120 Å². The Morgan fingerprint density at radius 1 is 0.744 bits per heavy atom. The molecule has 14 nitrogen and oxygen atoms in total. The standard InChI is InChI=1S/C29H49N3O11/c1-2-3-4-5-6-7-8-9-14-30-29(40)32-18-12-10-17(11-13-18)31-27-24(38)23(37)26(20(16-34)41-27)43-28-25(39)22(36)21(35)19(15-33)42-28/h10-13,19-28,31,33-39H,2-9,14-16H2,1H3,(H2,30,32,40)/t19-,20-,21+,22+,23-,24-,25-,26-,27-,28+/m1/s1. The van der Waals surface area contributed by atoms with Crippen LogP contribution in [0.1, 0.15) is 58.3 Å². The van der Waals surface area contributed by atoms with Crippen molar-refractivity contribution in [1.82, 2.24) is 5.32 Å². The van der Waals surface area contributed by atoms with Crippen molar-refractivity contribution < 1.29 is 54.8 Å². The second-order valence-corrected chi connectivity index (χ2v) is 11.1. The Morgan fingerprint density at radius 2 is 1.35 bits per heavy atom. The number of ether oxygens (including phenoxy) is 3. The minimum atomic E-state index is -1.74. The average Bonchev–Trinajstić information content (AvgIpc) is 3.00. The highest BCUT2D eigenvalue weighted by molar-refractivity contribution is 5.89. The number of benzene rings is 1. The molecule has 1 aromatic carbocycles. The fourth-order valence-electron chi connectivity index (χ4n) is 5.16. The first kappa shape index (κ1) is 35.4. The van der Waals surface area contributed by atoms with Gasteiger partial charge in [0.2, 0.25) is 0 Å². The number of aliphatic hydroxyl groups is 7. The number of hydrogen-bond donors (Lipinski definition) is 10. The molecule has 2 amide bonds. The van der Waals surface area contributed by atoms with E-state index < -0.39 is 74.6 Å². The van der Waals surface area contributed by atoms with E-state index in [2.05, 4.69) is 22.9 Å². The summed E-state index contributed by atoms with van der Waals surface area (Å²) in [7, 11) is 0. The predicted molar refractivity (Wildman–Crippen MR) is 156 cm³/mol. The highest BCUT2D eigenvalue weighted by Gasteiger charge is 2.50. The van der Waals surface area contributed by atoms with Crippen molar-refractivity contribution >= 4 is 17.4 Å². The molecule has 0 aliphatic carbocycles. The largest absolute Gasteiger partial charge is 0.394 e. The Balaban J connectivity index is 1.45. The van der Waals surface area contributed by atoms with Gasteiger partial charge in [-0.3, -0.25) is 0 Å². The van der Waals surface area contributed by atoms with Gasteiger partial charge in [0.05, 0.1) is 13.2 Å². The van der Waals surface area contributed by atoms with E-state index >= 15 is 0 Å². The lowest BCUT2D eigenvalue weighted by atomic mass is 9.96. The van der Waals surface area contributed by atoms with E-state index in [9.17, 15) is 40.5 Å². The van der Waals surface area contributed by atoms with Crippen molar-refractivity contribution in [3.05, 3.63) is 24.3 Å². The third kappa shape index (κ3) is 10.2. The van der Waals surface area contributed by atoms with Gasteiger partial charge in [-0.25, -0.2) is 4.79 Å². The molecule has 0 unspecified atom stereocenters. The number of amides is 2. The number of nitrogens with one attached hydrogen (secondary N) is 3. The first-order valence-electron chi connectivity index (χ1n) is 15.2. The normalized spacial score (nSPS) is 32.7. The number of rotatable bonds is 16. The number of anilines is 2. The molecule has 3 rings (SSSR count). The molecule has 0 radical (unpaired) electrons. The van der Waals surface area contributed by atoms with Gasteiger partial charge in [0.15, 0.2) is 12.5 Å². The second-order valence-electron chi connectivity index (χ2n) is 11.1. The quantitative estimate of drug-likeness (QED) is 0.111. The monoisotopic (exact) mass is 615 g/mol. The molecule has 0 aromatic heterocycles. The summed E-state index contributed by atoms with van der Waals surface area (Å²) >= 11 is 0. The van der Waals surface area contributed by atoms with Crippen LogP contribution in [0.25, 0.3) is 0 Å². The summed E-state index contributed by atoms with van der Waals surface area (Å²) < 4.78 is 16.6. The summed E-state index contributed by atoms with van der Waals surface area (Å²) in [5, 5.41) is 79.6. The van der Waals surface area contributed by atoms with Gasteiger partial charge < -0.3 is 65.9 Å². The molecule has 2 aliphatic rings. The van der Waals surface area contributed by atoms with Crippen molar-refractivity contribution in [3.8, 4) is 0 Å². The number of carbonyl (C=O) groups excluding carboxylic acids is 1. The van der Waals surface area contributed by atoms with E-state index in [1.165, 1.54) is 38.5 Å². The van der Waals surface area contributed by atoms with Crippen LogP contribution in [0.2, 0.25) is 0 Å². The first-order chi connectivity index (χ1) is 20.7. The van der Waals surface area contributed by atoms with Gasteiger partial charge >= 0.3 is 6.03 Å². The third-order valence-corrected chi connectivity index (χ3v) is 7.77. The highest BCUT2D eigenvalue weighted by Crippen LogP contribution is 2.30. The van der Waals surface area contributed by atoms with E-state index in [1.54, 1.807) is 24.3 Å². The van der Waals surface area contributed by atoms with Crippen LogP contribution in [0.5, 0.6) is 0 Å². The van der Waals surface area contributed by atoms with Gasteiger partial charge in [-0.2, -0.15) is 0 Å². The Morgan fingerprint density at radius 3 is 1.98 bits per heavy atom. The van der Waals surface area contributed by atoms with Crippen molar-refractivity contribution in [3.63, 3.8) is 0 Å². The minimum Gasteiger partial charge on any atom is -0.394 e. The molecular weight excluding hydrogens is 566 g/mol. The van der Waals surface area contributed by atoms with Gasteiger partial charge in [-0.15, -0.1) is 0 Å². The molecule has 2 aliphatic heterocycles. The number of aliphatic hydroxyl groups excluding tert-OH is 7. The van der Waals surface area contributed by atoms with Gasteiger partial charge in [0.1, 0.15) is 48.8 Å². The van der Waals surface area contributed by atoms with Crippen LogP contribution in [0, 0.1) is 0 Å². The van der Waals surface area contributed by atoms with E-state index in [-0.39, 0.29) is 6.03 Å². The fraction of sp³-hybridized carbons (Fsp3) is 0.759. The number of unbranched alkanes of at least 4 members (excludes halogenated alkanes) is 7. The Kier molecular flexibility index (Phi) is 14.8. The molecular formula is C29H49N3O11. The maximum Gasteiger partial charge on any atom is 0.319 e. The molecule has 1 aromatic rings. The average molecular weight is 616 g/mol. The van der Waals surface area contributed by atoms with Crippen molar-refractivity contribution in [1.29, 1.82) is 0 Å². The van der Waals surface area contributed by atoms with Gasteiger partial charge in [0.25, 0.3) is 0 Å². The van der Waals surface area contributed by atoms with Crippen molar-refractivity contribution in [2.75, 3.05) is 30.4 Å². The predicted octanol–water partition coefficient (Wildman–Crippen LogP) is -0.0152. The lowest BCUT2D eigenvalue weighted by molar-refractivity contribution is -0.340. The zero-order chi connectivity index (χ0) is 31.4. The van der Waals surface area contributed by atoms with Crippen LogP contribution in [0.4, 0.5) is 16.2 Å². The van der Waals surface area contributed by atoms with E-state index in [0.717, 1.165) is 12.8 Å². The fourth-order valence-corrected chi connectivity index (χ4v) is 5.16. The smallest absolute Gasteiger partial charge is 0.319 e. The molecule has 2 fully saturated rings. The van der Waals surface area contributed by atoms with Gasteiger partial charge in [-0.1, -0.05) is 51.9 Å². The van der Waals surface area contributed by atoms with Gasteiger partial charge in [-0.05, 0) is 30.7 Å². The van der Waals surface area contributed by atoms with Crippen molar-refractivity contribution in [2.24, 2.45) is 0 Å². The van der Waals surface area contributed by atoms with E-state index in [4.69, 9.17) is 14.2 Å². The number of carbonyl (C=O) groups is 1. The minimum absolute atomic E-state index is 0.311. The second kappa shape index (κ2) is 18.0. The van der Waals surface area contributed by atoms with Crippen LogP contribution >= 0.6 is 0 Å². The number of urea groups is 1. The molecule has 14 heteroatoms. The molecule has 2 heterocycles. The molecule has 0 bridgehead atoms. The summed E-state index contributed by atoms with van der Waals surface area (Å²) in [6.45, 7) is 1.48. The lowest BCUT2D eigenvalue weighted by Gasteiger charge is -2.46. The Bertz CT molecular complexity index is 939. The summed E-state index contributed by atoms with van der Waals surface area (Å²) in [6, 6.07) is 6.27. The van der Waals surface area contributed by atoms with Crippen LogP contribution in [-0.2, 0) is 14.2 Å². The van der Waals surface area contributed by atoms with Crippen LogP contribution in [0.3, 0.4) is 0 Å². The first-order valence-corrected chi connectivity index (χ1v) is 15.2. The lowest BCUT2D eigenvalue weighted by Crippen LogP contribution is -2.65. The van der Waals surface area contributed by atoms with Crippen LogP contribution in [-0.4, -0.2) is 123 Å². The molecule has 246 valence electrons. The zero-order valence-corrected chi connectivity index (χ0v) is 24.6. The molecule has 10 atom stereocenters. The van der Waals surface area contributed by atoms with E-state index in [1.807, 2.05) is 0 Å². The zero-order valence-electron chi connectivity index (χ0n) is 24.6. The number of hydrogen-bond acceptors (Lipinski definition) is 12. The summed E-state index contributed by atoms with van der Waals surface area (Å²) in [4.78, 5) is 12.2. The molecule has 2 saturated heterocycles. The van der Waals surface area contributed by atoms with Crippen LogP contribution in [0.15, 0.2) is 24.3 Å². The maximum atomic E-state index is 12.2. The third-order valence-electron chi connectivity index (χ3n) is 7.77. The van der Waals surface area contributed by atoms with Gasteiger partial charge in [0, 0.05) is 17.9 Å². The van der Waals surface area contributed by atoms with Crippen LogP contribution < -0.4 is 16.0 Å². The molecule has 0 spiro atoms. The Labute approximate surface area is 252 Å². The topological polar surface area (TPSA) is 222 Å². The molecule has 43 heavy (non-hydrogen) atoms. The summed E-state index contributed by atoms with van der Waals surface area (Å²) in [5.74, 6) is 0. The molecule has 10 N–H and O–H groups in total. The van der Waals surface area contributed by atoms with E-state index in [0.29, 0.717) is 17.9 Å². The summed E-state index contributed by atoms with van der Waals surface area (Å²) in [6.07, 6.45) is -5.34. The maximum absolute atomic E-state index is 12.2. The highest BCUT2D eigenvalue weighted by atomic mass is 16.7. The Hall–Kier alpha value is -2.11. The SMILES string of the molecule is CCCCCCCCCCNC(=O)Nc1ccc(N[C@@H]2O[C@H](CO)[C@@H](O[C@@H]3O[C@H](CO)[C@H](O)[C@H](O)[C@H]3O)[C@H](O)[C@H]2O)cc1.